The van der Waals surface area contributed by atoms with E-state index in [0.29, 0.717) is 18.1 Å². The van der Waals surface area contributed by atoms with Crippen molar-refractivity contribution in [1.82, 2.24) is 9.88 Å². The Balaban J connectivity index is 1.76. The Hall–Kier alpha value is -1.08. The highest BCUT2D eigenvalue weighted by molar-refractivity contribution is 8.13. The molecule has 1 fully saturated rings. The summed E-state index contributed by atoms with van der Waals surface area (Å²) in [6.45, 7) is 3.17. The fourth-order valence-corrected chi connectivity index (χ4v) is 2.99. The van der Waals surface area contributed by atoms with Crippen LogP contribution in [0.25, 0.3) is 0 Å². The molecule has 1 aliphatic rings. The fourth-order valence-electron chi connectivity index (χ4n) is 1.46. The number of hydrogen-bond donors (Lipinski definition) is 1. The second-order valence-corrected chi connectivity index (χ2v) is 5.96. The highest BCUT2D eigenvalue weighted by Gasteiger charge is 2.21. The van der Waals surface area contributed by atoms with Crippen molar-refractivity contribution < 1.29 is 9.59 Å². The lowest BCUT2D eigenvalue weighted by atomic mass is 10.4. The number of hydrogen-bond acceptors (Lipinski definition) is 5. The molecule has 0 bridgehead atoms. The van der Waals surface area contributed by atoms with E-state index in [9.17, 15) is 9.59 Å². The zero-order chi connectivity index (χ0) is 12.3. The van der Waals surface area contributed by atoms with Crippen LogP contribution in [-0.2, 0) is 4.79 Å². The molecule has 92 valence electrons. The number of aromatic nitrogens is 1. The van der Waals surface area contributed by atoms with Crippen molar-refractivity contribution in [3.63, 3.8) is 0 Å². The number of nitrogens with zero attached hydrogens (tertiary/aromatic N) is 2. The smallest absolute Gasteiger partial charge is 0.281 e. The third-order valence-electron chi connectivity index (χ3n) is 2.32. The summed E-state index contributed by atoms with van der Waals surface area (Å²) in [5.74, 6) is 0.732. The van der Waals surface area contributed by atoms with Gasteiger partial charge in [0.15, 0.2) is 5.13 Å². The molecule has 5 nitrogen and oxygen atoms in total. The van der Waals surface area contributed by atoms with Gasteiger partial charge in [-0.1, -0.05) is 11.8 Å². The van der Waals surface area contributed by atoms with Crippen LogP contribution in [0.3, 0.4) is 0 Å². The van der Waals surface area contributed by atoms with Gasteiger partial charge < -0.3 is 10.2 Å². The number of thioether (sulfide) groups is 1. The summed E-state index contributed by atoms with van der Waals surface area (Å²) in [6, 6.07) is 0. The molecule has 1 aromatic heterocycles. The number of amides is 2. The van der Waals surface area contributed by atoms with Crippen molar-refractivity contribution >= 4 is 39.4 Å². The van der Waals surface area contributed by atoms with Crippen LogP contribution >= 0.6 is 23.1 Å². The number of carbonyl (C=O) groups is 2. The van der Waals surface area contributed by atoms with Crippen LogP contribution in [0.1, 0.15) is 11.3 Å². The van der Waals surface area contributed by atoms with E-state index in [0.717, 1.165) is 17.2 Å². The summed E-state index contributed by atoms with van der Waals surface area (Å²) in [6.07, 6.45) is 2.05. The highest BCUT2D eigenvalue weighted by atomic mass is 32.2. The lowest BCUT2D eigenvalue weighted by molar-refractivity contribution is -0.116. The maximum Gasteiger partial charge on any atom is 0.281 e. The average Bonchev–Trinajstić information content (AvgIpc) is 2.85. The van der Waals surface area contributed by atoms with Crippen LogP contribution < -0.4 is 5.32 Å². The number of nitrogens with one attached hydrogen (secondary N) is 1. The normalized spacial score (nSPS) is 15.4. The van der Waals surface area contributed by atoms with E-state index in [-0.39, 0.29) is 11.1 Å². The molecule has 2 heterocycles. The zero-order valence-electron chi connectivity index (χ0n) is 9.43. The predicted molar refractivity (Wildman–Crippen MR) is 69.5 cm³/mol. The van der Waals surface area contributed by atoms with Gasteiger partial charge in [0.05, 0.1) is 0 Å². The van der Waals surface area contributed by atoms with Crippen molar-refractivity contribution in [1.29, 1.82) is 0 Å². The standard InChI is InChI=1S/C10H13N3O2S2/c1-7-6-11-9(17-7)12-8(14)2-3-13-4-5-16-10(13)15/h6H,2-5H2,1H3,(H,11,12,14). The quantitative estimate of drug-likeness (QED) is 0.909. The molecule has 1 saturated heterocycles. The summed E-state index contributed by atoms with van der Waals surface area (Å²) < 4.78 is 0. The van der Waals surface area contributed by atoms with Crippen LogP contribution in [0.2, 0.25) is 0 Å². The van der Waals surface area contributed by atoms with Gasteiger partial charge in [-0.2, -0.15) is 0 Å². The predicted octanol–water partition coefficient (Wildman–Crippen LogP) is 1.95. The van der Waals surface area contributed by atoms with Gasteiger partial charge in [-0.05, 0) is 6.92 Å². The Kier molecular flexibility index (Phi) is 4.01. The molecular weight excluding hydrogens is 258 g/mol. The minimum Gasteiger partial charge on any atom is -0.332 e. The van der Waals surface area contributed by atoms with Gasteiger partial charge >= 0.3 is 0 Å². The first-order valence-corrected chi connectivity index (χ1v) is 7.09. The summed E-state index contributed by atoms with van der Waals surface area (Å²) in [5, 5.41) is 3.42. The highest BCUT2D eigenvalue weighted by Crippen LogP contribution is 2.18. The molecule has 2 amide bonds. The number of rotatable bonds is 4. The van der Waals surface area contributed by atoms with Gasteiger partial charge in [0.25, 0.3) is 5.24 Å². The molecule has 1 N–H and O–H groups in total. The van der Waals surface area contributed by atoms with Gasteiger partial charge in [0.1, 0.15) is 0 Å². The second-order valence-electron chi connectivity index (χ2n) is 3.68. The minimum absolute atomic E-state index is 0.0721. The van der Waals surface area contributed by atoms with Crippen LogP contribution in [0.5, 0.6) is 0 Å². The molecular formula is C10H13N3O2S2. The van der Waals surface area contributed by atoms with Gasteiger partial charge in [-0.15, -0.1) is 11.3 Å². The number of aryl methyl sites for hydroxylation is 1. The van der Waals surface area contributed by atoms with Gasteiger partial charge in [-0.3, -0.25) is 9.59 Å². The van der Waals surface area contributed by atoms with Gasteiger partial charge in [-0.25, -0.2) is 4.98 Å². The SMILES string of the molecule is Cc1cnc(NC(=O)CCN2CCSC2=O)s1. The Morgan fingerprint density at radius 3 is 3.06 bits per heavy atom. The second kappa shape index (κ2) is 5.50. The topological polar surface area (TPSA) is 62.3 Å². The van der Waals surface area contributed by atoms with Gasteiger partial charge in [0, 0.05) is 36.3 Å². The molecule has 0 radical (unpaired) electrons. The first-order valence-electron chi connectivity index (χ1n) is 5.29. The molecule has 17 heavy (non-hydrogen) atoms. The molecule has 2 rings (SSSR count). The third kappa shape index (κ3) is 3.44. The van der Waals surface area contributed by atoms with E-state index in [4.69, 9.17) is 0 Å². The van der Waals surface area contributed by atoms with Crippen LogP contribution in [-0.4, -0.2) is 39.9 Å². The van der Waals surface area contributed by atoms with E-state index in [1.807, 2.05) is 6.92 Å². The maximum absolute atomic E-state index is 11.6. The lowest BCUT2D eigenvalue weighted by Crippen LogP contribution is -2.27. The molecule has 0 aliphatic carbocycles. The van der Waals surface area contributed by atoms with Crippen molar-refractivity contribution in [2.24, 2.45) is 0 Å². The van der Waals surface area contributed by atoms with Crippen molar-refractivity contribution in [2.75, 3.05) is 24.2 Å². The van der Waals surface area contributed by atoms with Crippen LogP contribution in [0, 0.1) is 6.92 Å². The number of carbonyl (C=O) groups excluding carboxylic acids is 2. The van der Waals surface area contributed by atoms with E-state index < -0.39 is 0 Å². The molecule has 0 saturated carbocycles. The summed E-state index contributed by atoms with van der Waals surface area (Å²) >= 11 is 2.76. The third-order valence-corrected chi connectivity index (χ3v) is 4.04. The largest absolute Gasteiger partial charge is 0.332 e. The molecule has 1 aromatic rings. The monoisotopic (exact) mass is 271 g/mol. The summed E-state index contributed by atoms with van der Waals surface area (Å²) in [7, 11) is 0. The molecule has 1 aliphatic heterocycles. The van der Waals surface area contributed by atoms with Crippen molar-refractivity contribution in [3.8, 4) is 0 Å². The molecule has 7 heteroatoms. The van der Waals surface area contributed by atoms with Crippen LogP contribution in [0.4, 0.5) is 9.93 Å². The maximum atomic E-state index is 11.6. The van der Waals surface area contributed by atoms with Crippen molar-refractivity contribution in [3.05, 3.63) is 11.1 Å². The summed E-state index contributed by atoms with van der Waals surface area (Å²) in [5.41, 5.74) is 0. The Morgan fingerprint density at radius 1 is 1.65 bits per heavy atom. The van der Waals surface area contributed by atoms with E-state index in [1.54, 1.807) is 11.1 Å². The molecule has 0 unspecified atom stereocenters. The fraction of sp³-hybridized carbons (Fsp3) is 0.500. The molecule has 0 spiro atoms. The first kappa shape index (κ1) is 12.4. The average molecular weight is 271 g/mol. The van der Waals surface area contributed by atoms with Crippen molar-refractivity contribution in [2.45, 2.75) is 13.3 Å². The van der Waals surface area contributed by atoms with E-state index in [2.05, 4.69) is 10.3 Å². The summed E-state index contributed by atoms with van der Waals surface area (Å²) in [4.78, 5) is 29.7. The molecule has 0 atom stereocenters. The van der Waals surface area contributed by atoms with Crippen LogP contribution in [0.15, 0.2) is 6.20 Å². The zero-order valence-corrected chi connectivity index (χ0v) is 11.1. The molecule has 0 aromatic carbocycles. The minimum atomic E-state index is -0.0935. The van der Waals surface area contributed by atoms with E-state index in [1.165, 1.54) is 23.1 Å². The Labute approximate surface area is 108 Å². The number of anilines is 1. The van der Waals surface area contributed by atoms with E-state index >= 15 is 0 Å². The lowest BCUT2D eigenvalue weighted by Gasteiger charge is -2.13. The Bertz CT molecular complexity index is 433. The first-order chi connectivity index (χ1) is 8.15. The van der Waals surface area contributed by atoms with Gasteiger partial charge in [0.2, 0.25) is 5.91 Å². The number of thiazole rings is 1. The Morgan fingerprint density at radius 2 is 2.47 bits per heavy atom.